The summed E-state index contributed by atoms with van der Waals surface area (Å²) in [5, 5.41) is 0. The van der Waals surface area contributed by atoms with E-state index in [0.717, 1.165) is 30.6 Å². The average Bonchev–Trinajstić information content (AvgIpc) is 2.91. The van der Waals surface area contributed by atoms with Crippen molar-refractivity contribution in [2.24, 2.45) is 5.92 Å². The van der Waals surface area contributed by atoms with Crippen LogP contribution in [0.5, 0.6) is 5.75 Å². The fraction of sp³-hybridized carbons (Fsp3) is 0.500. The summed E-state index contributed by atoms with van der Waals surface area (Å²) in [7, 11) is 3.15. The normalized spacial score (nSPS) is 22.6. The Balaban J connectivity index is 1.72. The lowest BCUT2D eigenvalue weighted by molar-refractivity contribution is -0.142. The van der Waals surface area contributed by atoms with Crippen LogP contribution < -0.4 is 9.64 Å². The van der Waals surface area contributed by atoms with Gasteiger partial charge in [0.2, 0.25) is 5.91 Å². The molecule has 8 nitrogen and oxygen atoms in total. The fourth-order valence-electron chi connectivity index (χ4n) is 3.70. The van der Waals surface area contributed by atoms with Crippen LogP contribution in [0, 0.1) is 5.92 Å². The highest BCUT2D eigenvalue weighted by atomic mass is 16.5. The Bertz CT molecular complexity index is 801. The van der Waals surface area contributed by atoms with Crippen molar-refractivity contribution in [3.63, 3.8) is 0 Å². The fourth-order valence-corrected chi connectivity index (χ4v) is 3.70. The number of carbonyl (C=O) groups is 4. The van der Waals surface area contributed by atoms with Crippen molar-refractivity contribution in [3.8, 4) is 5.75 Å². The number of imide groups is 2. The lowest BCUT2D eigenvalue weighted by atomic mass is 9.87. The van der Waals surface area contributed by atoms with Crippen molar-refractivity contribution in [1.82, 2.24) is 9.80 Å². The predicted octanol–water partition coefficient (Wildman–Crippen LogP) is 2.03. The van der Waals surface area contributed by atoms with Crippen molar-refractivity contribution < 1.29 is 23.9 Å². The molecule has 3 rings (SSSR count). The molecule has 0 bridgehead atoms. The van der Waals surface area contributed by atoms with E-state index in [2.05, 4.69) is 6.92 Å². The van der Waals surface area contributed by atoms with Crippen LogP contribution in [0.3, 0.4) is 0 Å². The molecule has 1 saturated heterocycles. The molecule has 0 aromatic heterocycles. The van der Waals surface area contributed by atoms with Crippen LogP contribution in [0.15, 0.2) is 24.3 Å². The molecular formula is C20H25N3O5. The zero-order valence-electron chi connectivity index (χ0n) is 16.4. The number of methoxy groups -OCH3 is 1. The number of anilines is 1. The second-order valence-corrected chi connectivity index (χ2v) is 7.43. The largest absolute Gasteiger partial charge is 0.497 e. The first kappa shape index (κ1) is 19.9. The second-order valence-electron chi connectivity index (χ2n) is 7.43. The molecule has 1 aromatic carbocycles. The Kier molecular flexibility index (Phi) is 5.67. The third-order valence-corrected chi connectivity index (χ3v) is 5.58. The first-order valence-corrected chi connectivity index (χ1v) is 9.43. The van der Waals surface area contributed by atoms with E-state index in [0.29, 0.717) is 16.6 Å². The van der Waals surface area contributed by atoms with Crippen LogP contribution >= 0.6 is 0 Å². The van der Waals surface area contributed by atoms with Crippen molar-refractivity contribution in [2.75, 3.05) is 25.6 Å². The van der Waals surface area contributed by atoms with Gasteiger partial charge in [0.25, 0.3) is 0 Å². The van der Waals surface area contributed by atoms with Crippen molar-refractivity contribution in [2.45, 2.75) is 38.6 Å². The van der Waals surface area contributed by atoms with Gasteiger partial charge in [0.15, 0.2) is 0 Å². The second kappa shape index (κ2) is 8.00. The maximum absolute atomic E-state index is 12.7. The average molecular weight is 387 g/mol. The molecule has 150 valence electrons. The zero-order chi connectivity index (χ0) is 20.4. The summed E-state index contributed by atoms with van der Waals surface area (Å²) in [4.78, 5) is 53.2. The molecule has 1 heterocycles. The minimum Gasteiger partial charge on any atom is -0.497 e. The van der Waals surface area contributed by atoms with E-state index < -0.39 is 24.4 Å². The number of ether oxygens (including phenoxy) is 1. The molecule has 1 saturated carbocycles. The number of amides is 5. The number of likely N-dealkylation sites (N-methyl/N-ethyl adjacent to an activating group) is 1. The van der Waals surface area contributed by atoms with E-state index in [-0.39, 0.29) is 17.6 Å². The molecule has 0 N–H and O–H groups in total. The summed E-state index contributed by atoms with van der Waals surface area (Å²) < 4.78 is 5.10. The van der Waals surface area contributed by atoms with Crippen LogP contribution in [-0.4, -0.2) is 60.3 Å². The molecule has 0 radical (unpaired) electrons. The minimum atomic E-state index is -0.994. The summed E-state index contributed by atoms with van der Waals surface area (Å²) in [6.45, 7) is 1.75. The predicted molar refractivity (Wildman–Crippen MR) is 102 cm³/mol. The van der Waals surface area contributed by atoms with E-state index >= 15 is 0 Å². The van der Waals surface area contributed by atoms with Gasteiger partial charge in [-0.2, -0.15) is 0 Å². The summed E-state index contributed by atoms with van der Waals surface area (Å²) in [5.74, 6) is -1.21. The number of rotatable bonds is 5. The third kappa shape index (κ3) is 3.72. The number of carbonyl (C=O) groups excluding carboxylic acids is 4. The van der Waals surface area contributed by atoms with Gasteiger partial charge < -0.3 is 9.64 Å². The van der Waals surface area contributed by atoms with Crippen molar-refractivity contribution >= 4 is 29.4 Å². The van der Waals surface area contributed by atoms with Gasteiger partial charge >= 0.3 is 17.8 Å². The monoisotopic (exact) mass is 387 g/mol. The molecule has 1 aliphatic heterocycles. The number of hydrogen-bond donors (Lipinski definition) is 0. The number of nitrogens with zero attached hydrogens (tertiary/aromatic N) is 3. The molecule has 0 atom stereocenters. The van der Waals surface area contributed by atoms with E-state index in [1.54, 1.807) is 24.1 Å². The van der Waals surface area contributed by atoms with Gasteiger partial charge in [0.1, 0.15) is 12.3 Å². The molecule has 0 unspecified atom stereocenters. The Morgan fingerprint density at radius 1 is 1.14 bits per heavy atom. The van der Waals surface area contributed by atoms with Crippen LogP contribution in [-0.2, 0) is 14.4 Å². The number of hydrogen-bond acceptors (Lipinski definition) is 5. The maximum Gasteiger partial charge on any atom is 0.339 e. The van der Waals surface area contributed by atoms with Gasteiger partial charge in [0, 0.05) is 19.2 Å². The van der Waals surface area contributed by atoms with E-state index in [9.17, 15) is 19.2 Å². The van der Waals surface area contributed by atoms with Crippen LogP contribution in [0.25, 0.3) is 0 Å². The highest BCUT2D eigenvalue weighted by Gasteiger charge is 2.46. The van der Waals surface area contributed by atoms with Gasteiger partial charge in [-0.25, -0.2) is 14.6 Å². The molecular weight excluding hydrogens is 362 g/mol. The third-order valence-electron chi connectivity index (χ3n) is 5.58. The molecule has 8 heteroatoms. The van der Waals surface area contributed by atoms with Gasteiger partial charge in [-0.05, 0) is 43.7 Å². The quantitative estimate of drug-likeness (QED) is 0.570. The lowest BCUT2D eigenvalue weighted by Crippen LogP contribution is -2.46. The smallest absolute Gasteiger partial charge is 0.339 e. The Labute approximate surface area is 164 Å². The maximum atomic E-state index is 12.7. The van der Waals surface area contributed by atoms with Gasteiger partial charge in [-0.1, -0.05) is 13.0 Å². The van der Waals surface area contributed by atoms with Crippen molar-refractivity contribution in [1.29, 1.82) is 0 Å². The number of urea groups is 1. The van der Waals surface area contributed by atoms with E-state index in [4.69, 9.17) is 4.74 Å². The molecule has 28 heavy (non-hydrogen) atoms. The molecule has 2 aliphatic rings. The zero-order valence-corrected chi connectivity index (χ0v) is 16.4. The SMILES string of the molecule is COc1cccc(N2C(=O)C(=O)N(CC(=O)N(C)C3CCC(C)CC3)C2=O)c1. The Hall–Kier alpha value is -2.90. The first-order valence-electron chi connectivity index (χ1n) is 9.43. The summed E-state index contributed by atoms with van der Waals surface area (Å²) in [6.07, 6.45) is 3.90. The van der Waals surface area contributed by atoms with Crippen molar-refractivity contribution in [3.05, 3.63) is 24.3 Å². The topological polar surface area (TPSA) is 87.2 Å². The summed E-state index contributed by atoms with van der Waals surface area (Å²) >= 11 is 0. The summed E-state index contributed by atoms with van der Waals surface area (Å²) in [5.41, 5.74) is 0.229. The molecule has 1 aliphatic carbocycles. The molecule has 0 spiro atoms. The molecule has 1 aromatic rings. The van der Waals surface area contributed by atoms with Crippen LogP contribution in [0.2, 0.25) is 0 Å². The van der Waals surface area contributed by atoms with E-state index in [1.165, 1.54) is 19.2 Å². The highest BCUT2D eigenvalue weighted by molar-refractivity contribution is 6.53. The van der Waals surface area contributed by atoms with Gasteiger partial charge in [0.05, 0.1) is 12.8 Å². The summed E-state index contributed by atoms with van der Waals surface area (Å²) in [6, 6.07) is 5.59. The standard InChI is InChI=1S/C20H25N3O5/c1-13-7-9-14(10-8-13)21(2)17(24)12-22-18(25)19(26)23(20(22)27)15-5-4-6-16(11-15)28-3/h4-6,11,13-14H,7-10,12H2,1-3H3. The van der Waals surface area contributed by atoms with E-state index in [1.807, 2.05) is 0 Å². The lowest BCUT2D eigenvalue weighted by Gasteiger charge is -2.34. The molecule has 5 amide bonds. The Morgan fingerprint density at radius 3 is 2.46 bits per heavy atom. The van der Waals surface area contributed by atoms with Crippen LogP contribution in [0.4, 0.5) is 10.5 Å². The first-order chi connectivity index (χ1) is 13.3. The number of benzene rings is 1. The minimum absolute atomic E-state index is 0.0988. The van der Waals surface area contributed by atoms with Gasteiger partial charge in [-0.3, -0.25) is 14.4 Å². The molecule has 2 fully saturated rings. The Morgan fingerprint density at radius 2 is 1.82 bits per heavy atom. The van der Waals surface area contributed by atoms with Gasteiger partial charge in [-0.15, -0.1) is 0 Å². The van der Waals surface area contributed by atoms with Crippen LogP contribution in [0.1, 0.15) is 32.6 Å². The highest BCUT2D eigenvalue weighted by Crippen LogP contribution is 2.28.